The van der Waals surface area contributed by atoms with Crippen molar-refractivity contribution in [2.45, 2.75) is 32.6 Å². The maximum Gasteiger partial charge on any atom is 0.322 e. The van der Waals surface area contributed by atoms with Crippen LogP contribution in [0.2, 0.25) is 0 Å². The van der Waals surface area contributed by atoms with Gasteiger partial charge in [-0.25, -0.2) is 8.42 Å². The normalized spacial score (nSPS) is 11.8. The average molecular weight is 517 g/mol. The van der Waals surface area contributed by atoms with E-state index < -0.39 is 15.9 Å². The fourth-order valence-electron chi connectivity index (χ4n) is 3.50. The third-order valence-electron chi connectivity index (χ3n) is 5.14. The quantitative estimate of drug-likeness (QED) is 0.400. The van der Waals surface area contributed by atoms with Crippen molar-refractivity contribution in [1.82, 2.24) is 14.5 Å². The lowest BCUT2D eigenvalue weighted by molar-refractivity contribution is 0.102. The predicted octanol–water partition coefficient (Wildman–Crippen LogP) is 4.31. The van der Waals surface area contributed by atoms with Gasteiger partial charge in [-0.1, -0.05) is 32.8 Å². The van der Waals surface area contributed by atoms with E-state index in [2.05, 4.69) is 15.5 Å². The first kappa shape index (κ1) is 27.2. The smallest absolute Gasteiger partial charge is 0.322 e. The summed E-state index contributed by atoms with van der Waals surface area (Å²) in [7, 11) is -0.634. The number of nitrogens with zero attached hydrogens (tertiary/aromatic N) is 3. The topological polar surface area (TPSA) is 124 Å². The van der Waals surface area contributed by atoms with E-state index in [-0.39, 0.29) is 34.2 Å². The van der Waals surface area contributed by atoms with Gasteiger partial charge in [-0.2, -0.15) is 4.31 Å². The van der Waals surface area contributed by atoms with Crippen molar-refractivity contribution in [3.63, 3.8) is 0 Å². The molecule has 1 amide bonds. The summed E-state index contributed by atoms with van der Waals surface area (Å²) >= 11 is 0. The SMILES string of the molecule is COc1cc(OC)cc(-c2nnc(NC(=O)c3ccc(S(=O)(=O)N(CC(C)C)CC(C)C)cc3)o2)c1. The highest BCUT2D eigenvalue weighted by atomic mass is 32.2. The van der Waals surface area contributed by atoms with E-state index in [4.69, 9.17) is 13.9 Å². The summed E-state index contributed by atoms with van der Waals surface area (Å²) in [5.74, 6) is 1.10. The summed E-state index contributed by atoms with van der Waals surface area (Å²) < 4.78 is 43.9. The lowest BCUT2D eigenvalue weighted by Crippen LogP contribution is -2.37. The number of anilines is 1. The van der Waals surface area contributed by atoms with Gasteiger partial charge in [-0.15, -0.1) is 5.10 Å². The van der Waals surface area contributed by atoms with Crippen LogP contribution in [0.25, 0.3) is 11.5 Å². The van der Waals surface area contributed by atoms with Crippen LogP contribution < -0.4 is 14.8 Å². The Morgan fingerprint density at radius 3 is 2.00 bits per heavy atom. The molecule has 0 saturated carbocycles. The van der Waals surface area contributed by atoms with E-state index in [1.54, 1.807) is 18.2 Å². The molecule has 3 aromatic rings. The fraction of sp³-hybridized carbons (Fsp3) is 0.400. The molecule has 10 nitrogen and oxygen atoms in total. The zero-order chi connectivity index (χ0) is 26.5. The molecule has 0 saturated heterocycles. The highest BCUT2D eigenvalue weighted by molar-refractivity contribution is 7.89. The summed E-state index contributed by atoms with van der Waals surface area (Å²) in [5.41, 5.74) is 0.803. The average Bonchev–Trinajstić information content (AvgIpc) is 3.31. The minimum atomic E-state index is -3.69. The minimum absolute atomic E-state index is 0.103. The Balaban J connectivity index is 1.75. The van der Waals surface area contributed by atoms with Crippen LogP contribution in [-0.4, -0.2) is 56.1 Å². The molecule has 11 heteroatoms. The maximum absolute atomic E-state index is 13.2. The number of nitrogens with one attached hydrogen (secondary N) is 1. The molecule has 194 valence electrons. The number of benzene rings is 2. The zero-order valence-corrected chi connectivity index (χ0v) is 22.1. The largest absolute Gasteiger partial charge is 0.497 e. The van der Waals surface area contributed by atoms with E-state index in [0.717, 1.165) is 0 Å². The molecule has 0 radical (unpaired) electrons. The summed E-state index contributed by atoms with van der Waals surface area (Å²) in [6.07, 6.45) is 0. The third-order valence-corrected chi connectivity index (χ3v) is 6.98. The van der Waals surface area contributed by atoms with E-state index in [1.165, 1.54) is 42.8 Å². The Morgan fingerprint density at radius 2 is 1.50 bits per heavy atom. The van der Waals surface area contributed by atoms with Crippen molar-refractivity contribution in [3.05, 3.63) is 48.0 Å². The first-order chi connectivity index (χ1) is 17.0. The Bertz CT molecular complexity index is 1250. The molecule has 0 atom stereocenters. The second-order valence-corrected chi connectivity index (χ2v) is 11.0. The number of methoxy groups -OCH3 is 2. The molecular formula is C25H32N4O6S. The summed E-state index contributed by atoms with van der Waals surface area (Å²) in [6.45, 7) is 8.74. The molecule has 0 bridgehead atoms. The van der Waals surface area contributed by atoms with E-state index in [9.17, 15) is 13.2 Å². The van der Waals surface area contributed by atoms with Crippen molar-refractivity contribution >= 4 is 21.9 Å². The molecule has 1 aromatic heterocycles. The fourth-order valence-corrected chi connectivity index (χ4v) is 5.27. The summed E-state index contributed by atoms with van der Waals surface area (Å²) in [6, 6.07) is 10.8. The molecule has 3 rings (SSSR count). The Kier molecular flexibility index (Phi) is 8.70. The van der Waals surface area contributed by atoms with Crippen LogP contribution >= 0.6 is 0 Å². The van der Waals surface area contributed by atoms with Crippen LogP contribution in [0.15, 0.2) is 51.8 Å². The number of rotatable bonds is 11. The molecule has 0 aliphatic carbocycles. The molecule has 0 fully saturated rings. The number of hydrogen-bond donors (Lipinski definition) is 1. The standard InChI is InChI=1S/C25H32N4O6S/c1-16(2)14-29(15-17(3)4)36(31,32)22-9-7-18(8-10-22)23(30)26-25-28-27-24(35-25)19-11-20(33-5)13-21(12-19)34-6/h7-13,16-17H,14-15H2,1-6H3,(H,26,28,30). The molecule has 0 spiro atoms. The number of hydrogen-bond acceptors (Lipinski definition) is 8. The van der Waals surface area contributed by atoms with Crippen molar-refractivity contribution in [3.8, 4) is 23.0 Å². The molecule has 0 unspecified atom stereocenters. The molecule has 1 heterocycles. The van der Waals surface area contributed by atoms with Crippen molar-refractivity contribution in [2.24, 2.45) is 11.8 Å². The first-order valence-corrected chi connectivity index (χ1v) is 13.0. The van der Waals surface area contributed by atoms with Crippen LogP contribution in [0, 0.1) is 11.8 Å². The van der Waals surface area contributed by atoms with Crippen molar-refractivity contribution in [1.29, 1.82) is 0 Å². The zero-order valence-electron chi connectivity index (χ0n) is 21.3. The van der Waals surface area contributed by atoms with Gasteiger partial charge in [0.2, 0.25) is 15.9 Å². The van der Waals surface area contributed by atoms with Gasteiger partial charge in [0.1, 0.15) is 11.5 Å². The maximum atomic E-state index is 13.2. The minimum Gasteiger partial charge on any atom is -0.497 e. The summed E-state index contributed by atoms with van der Waals surface area (Å²) in [5, 5.41) is 10.4. The number of sulfonamides is 1. The van der Waals surface area contributed by atoms with Crippen LogP contribution in [0.4, 0.5) is 6.01 Å². The van der Waals surface area contributed by atoms with Crippen LogP contribution in [0.1, 0.15) is 38.1 Å². The highest BCUT2D eigenvalue weighted by Gasteiger charge is 2.26. The van der Waals surface area contributed by atoms with Crippen molar-refractivity contribution in [2.75, 3.05) is 32.6 Å². The predicted molar refractivity (Wildman–Crippen MR) is 136 cm³/mol. The monoisotopic (exact) mass is 516 g/mol. The van der Waals surface area contributed by atoms with Gasteiger partial charge in [-0.3, -0.25) is 10.1 Å². The second-order valence-electron chi connectivity index (χ2n) is 9.10. The van der Waals surface area contributed by atoms with Gasteiger partial charge < -0.3 is 13.9 Å². The highest BCUT2D eigenvalue weighted by Crippen LogP contribution is 2.29. The van der Waals surface area contributed by atoms with Crippen molar-refractivity contribution < 1.29 is 27.1 Å². The van der Waals surface area contributed by atoms with Gasteiger partial charge in [0.15, 0.2) is 0 Å². The van der Waals surface area contributed by atoms with Gasteiger partial charge in [0.25, 0.3) is 5.91 Å². The van der Waals surface area contributed by atoms with E-state index in [1.807, 2.05) is 27.7 Å². The van der Waals surface area contributed by atoms with Gasteiger partial charge in [-0.05, 0) is 48.2 Å². The first-order valence-electron chi connectivity index (χ1n) is 11.5. The Morgan fingerprint density at radius 1 is 0.944 bits per heavy atom. The molecule has 0 aliphatic heterocycles. The van der Waals surface area contributed by atoms with Gasteiger partial charge >= 0.3 is 6.01 Å². The summed E-state index contributed by atoms with van der Waals surface area (Å²) in [4.78, 5) is 12.8. The number of carbonyl (C=O) groups excluding carboxylic acids is 1. The van der Waals surface area contributed by atoms with Crippen LogP contribution in [0.3, 0.4) is 0 Å². The lowest BCUT2D eigenvalue weighted by Gasteiger charge is -2.25. The molecule has 2 aromatic carbocycles. The lowest BCUT2D eigenvalue weighted by atomic mass is 10.2. The third kappa shape index (κ3) is 6.61. The van der Waals surface area contributed by atoms with Gasteiger partial charge in [0, 0.05) is 30.3 Å². The second kappa shape index (κ2) is 11.5. The van der Waals surface area contributed by atoms with Crippen LogP contribution in [0.5, 0.6) is 11.5 Å². The number of carbonyl (C=O) groups is 1. The van der Waals surface area contributed by atoms with Gasteiger partial charge in [0.05, 0.1) is 19.1 Å². The molecule has 36 heavy (non-hydrogen) atoms. The Labute approximate surface area is 211 Å². The molecule has 1 N–H and O–H groups in total. The number of ether oxygens (including phenoxy) is 2. The van der Waals surface area contributed by atoms with Crippen LogP contribution in [-0.2, 0) is 10.0 Å². The molecule has 0 aliphatic rings. The molecular weight excluding hydrogens is 484 g/mol. The van der Waals surface area contributed by atoms with E-state index in [0.29, 0.717) is 30.2 Å². The number of amides is 1. The van der Waals surface area contributed by atoms with E-state index >= 15 is 0 Å². The number of aromatic nitrogens is 2. The Hall–Kier alpha value is -3.44.